The summed E-state index contributed by atoms with van der Waals surface area (Å²) in [6.07, 6.45) is 3.75. The van der Waals surface area contributed by atoms with Gasteiger partial charge in [0.2, 0.25) is 0 Å². The highest BCUT2D eigenvalue weighted by molar-refractivity contribution is 6.27. The lowest BCUT2D eigenvalue weighted by Gasteiger charge is -2.22. The van der Waals surface area contributed by atoms with Crippen LogP contribution in [0.25, 0.3) is 10.8 Å². The summed E-state index contributed by atoms with van der Waals surface area (Å²) in [6, 6.07) is 14.7. The predicted molar refractivity (Wildman–Crippen MR) is 129 cm³/mol. The van der Waals surface area contributed by atoms with E-state index in [4.69, 9.17) is 29.3 Å². The highest BCUT2D eigenvalue weighted by atomic mass is 16.5. The molecular formula is C26H35NO7. The third kappa shape index (κ3) is 8.76. The number of carbonyl (C=O) groups is 3. The first-order chi connectivity index (χ1) is 16.3. The van der Waals surface area contributed by atoms with E-state index < -0.39 is 11.9 Å². The molecule has 34 heavy (non-hydrogen) atoms. The van der Waals surface area contributed by atoms with Gasteiger partial charge in [-0.1, -0.05) is 56.3 Å². The Balaban J connectivity index is 0.000000604. The second kappa shape index (κ2) is 14.3. The molecule has 1 fully saturated rings. The molecule has 0 aromatic heterocycles. The van der Waals surface area contributed by atoms with Crippen molar-refractivity contribution in [3.05, 3.63) is 48.0 Å². The zero-order valence-corrected chi connectivity index (χ0v) is 19.9. The monoisotopic (exact) mass is 473 g/mol. The zero-order valence-electron chi connectivity index (χ0n) is 19.9. The number of nitrogens with zero attached hydrogens (tertiary/aromatic N) is 1. The minimum absolute atomic E-state index is 0.0874. The molecule has 0 aliphatic carbocycles. The molecule has 2 aromatic carbocycles. The highest BCUT2D eigenvalue weighted by Gasteiger charge is 2.27. The van der Waals surface area contributed by atoms with Crippen molar-refractivity contribution in [1.29, 1.82) is 0 Å². The van der Waals surface area contributed by atoms with Crippen molar-refractivity contribution in [2.45, 2.75) is 45.6 Å². The van der Waals surface area contributed by atoms with Gasteiger partial charge in [0.05, 0.1) is 12.0 Å². The Kier molecular flexibility index (Phi) is 11.5. The van der Waals surface area contributed by atoms with Gasteiger partial charge in [-0.3, -0.25) is 4.79 Å². The van der Waals surface area contributed by atoms with Gasteiger partial charge < -0.3 is 24.6 Å². The molecule has 0 saturated carbocycles. The van der Waals surface area contributed by atoms with Crippen LogP contribution in [-0.2, 0) is 30.3 Å². The van der Waals surface area contributed by atoms with Crippen LogP contribution in [0.4, 0.5) is 0 Å². The Hall–Kier alpha value is -2.97. The van der Waals surface area contributed by atoms with Crippen molar-refractivity contribution < 1.29 is 34.1 Å². The third-order valence-corrected chi connectivity index (χ3v) is 5.98. The zero-order chi connectivity index (χ0) is 24.9. The van der Waals surface area contributed by atoms with Crippen molar-refractivity contribution in [2.75, 3.05) is 32.8 Å². The molecule has 1 aliphatic rings. The number of aliphatic carboxylic acids is 2. The van der Waals surface area contributed by atoms with E-state index in [-0.39, 0.29) is 18.0 Å². The fraction of sp³-hybridized carbons (Fsp3) is 0.500. The first-order valence-electron chi connectivity index (χ1n) is 11.8. The van der Waals surface area contributed by atoms with Crippen LogP contribution in [0.1, 0.15) is 38.7 Å². The maximum Gasteiger partial charge on any atom is 0.414 e. The predicted octanol–water partition coefficient (Wildman–Crippen LogP) is 3.61. The first kappa shape index (κ1) is 27.3. The van der Waals surface area contributed by atoms with Crippen LogP contribution in [0.3, 0.4) is 0 Å². The molecule has 3 rings (SSSR count). The second-order valence-electron chi connectivity index (χ2n) is 8.21. The normalized spacial score (nSPS) is 16.0. The molecular weight excluding hydrogens is 438 g/mol. The van der Waals surface area contributed by atoms with Gasteiger partial charge in [0, 0.05) is 13.2 Å². The molecule has 0 spiro atoms. The van der Waals surface area contributed by atoms with Gasteiger partial charge in [-0.05, 0) is 55.1 Å². The summed E-state index contributed by atoms with van der Waals surface area (Å²) < 4.78 is 11.5. The first-order valence-corrected chi connectivity index (χ1v) is 11.8. The standard InChI is InChI=1S/C24H33NO3.C2H2O4/c1-3-25(4-2)14-16-28-24(26)21(18-22-12-8-15-27-22)17-20-11-7-10-19-9-5-6-13-23(19)20;3-1(4)2(5)6/h5-7,9-11,13,21-22H,3-4,8,12,14-18H2,1-2H3;(H,3,4)(H,5,6)/t21-,22+;/m1./s1. The van der Waals surface area contributed by atoms with E-state index >= 15 is 0 Å². The molecule has 2 aromatic rings. The summed E-state index contributed by atoms with van der Waals surface area (Å²) in [7, 11) is 0. The molecule has 0 radical (unpaired) electrons. The van der Waals surface area contributed by atoms with Gasteiger partial charge in [0.25, 0.3) is 0 Å². The second-order valence-corrected chi connectivity index (χ2v) is 8.21. The van der Waals surface area contributed by atoms with E-state index in [1.807, 2.05) is 0 Å². The van der Waals surface area contributed by atoms with Gasteiger partial charge in [0.1, 0.15) is 6.61 Å². The van der Waals surface area contributed by atoms with E-state index in [9.17, 15) is 4.79 Å². The molecule has 186 valence electrons. The molecule has 0 bridgehead atoms. The number of rotatable bonds is 10. The molecule has 8 heteroatoms. The van der Waals surface area contributed by atoms with Crippen molar-refractivity contribution in [3.8, 4) is 0 Å². The van der Waals surface area contributed by atoms with E-state index in [1.54, 1.807) is 0 Å². The van der Waals surface area contributed by atoms with Crippen molar-refractivity contribution in [1.82, 2.24) is 4.90 Å². The van der Waals surface area contributed by atoms with Gasteiger partial charge in [-0.2, -0.15) is 0 Å². The minimum atomic E-state index is -1.82. The number of hydrogen-bond donors (Lipinski definition) is 2. The molecule has 1 heterocycles. The topological polar surface area (TPSA) is 113 Å². The summed E-state index contributed by atoms with van der Waals surface area (Å²) in [5.41, 5.74) is 1.21. The average molecular weight is 474 g/mol. The van der Waals surface area contributed by atoms with Gasteiger partial charge >= 0.3 is 17.9 Å². The largest absolute Gasteiger partial charge is 0.473 e. The maximum absolute atomic E-state index is 12.9. The third-order valence-electron chi connectivity index (χ3n) is 5.98. The number of carboxylic acids is 2. The molecule has 1 saturated heterocycles. The SMILES string of the molecule is CCN(CC)CCOC(=O)[C@H](Cc1cccc2ccccc12)C[C@@H]1CCCO1.O=C(O)C(=O)O. The Morgan fingerprint density at radius 1 is 1.06 bits per heavy atom. The number of ether oxygens (including phenoxy) is 2. The van der Waals surface area contributed by atoms with Crippen LogP contribution in [0.5, 0.6) is 0 Å². The summed E-state index contributed by atoms with van der Waals surface area (Å²) in [4.78, 5) is 33.4. The van der Waals surface area contributed by atoms with Crippen LogP contribution in [-0.4, -0.2) is 72.0 Å². The summed E-state index contributed by atoms with van der Waals surface area (Å²) in [5, 5.41) is 17.2. The molecule has 0 unspecified atom stereocenters. The Labute approximate surface area is 200 Å². The number of carbonyl (C=O) groups excluding carboxylic acids is 1. The highest BCUT2D eigenvalue weighted by Crippen LogP contribution is 2.27. The molecule has 0 amide bonds. The molecule has 2 N–H and O–H groups in total. The van der Waals surface area contributed by atoms with Gasteiger partial charge in [-0.25, -0.2) is 9.59 Å². The fourth-order valence-corrected chi connectivity index (χ4v) is 4.08. The summed E-state index contributed by atoms with van der Waals surface area (Å²) in [5.74, 6) is -3.90. The van der Waals surface area contributed by atoms with E-state index in [2.05, 4.69) is 61.2 Å². The van der Waals surface area contributed by atoms with Crippen LogP contribution >= 0.6 is 0 Å². The van der Waals surface area contributed by atoms with Gasteiger partial charge in [-0.15, -0.1) is 0 Å². The fourth-order valence-electron chi connectivity index (χ4n) is 4.08. The molecule has 2 atom stereocenters. The Morgan fingerprint density at radius 3 is 2.35 bits per heavy atom. The lowest BCUT2D eigenvalue weighted by atomic mass is 9.90. The lowest BCUT2D eigenvalue weighted by Crippen LogP contribution is -2.30. The number of benzene rings is 2. The van der Waals surface area contributed by atoms with E-state index in [0.717, 1.165) is 45.5 Å². The van der Waals surface area contributed by atoms with Gasteiger partial charge in [0.15, 0.2) is 0 Å². The quantitative estimate of drug-likeness (QED) is 0.397. The number of esters is 1. The number of fused-ring (bicyclic) bond motifs is 1. The minimum Gasteiger partial charge on any atom is -0.473 e. The molecule has 8 nitrogen and oxygen atoms in total. The summed E-state index contributed by atoms with van der Waals surface area (Å²) in [6.45, 7) is 8.27. The van der Waals surface area contributed by atoms with E-state index in [1.165, 1.54) is 16.3 Å². The van der Waals surface area contributed by atoms with Crippen LogP contribution in [0, 0.1) is 5.92 Å². The maximum atomic E-state index is 12.9. The Morgan fingerprint density at radius 2 is 1.74 bits per heavy atom. The Bertz CT molecular complexity index is 918. The average Bonchev–Trinajstić information content (AvgIpc) is 3.35. The number of likely N-dealkylation sites (N-methyl/N-ethyl adjacent to an activating group) is 1. The van der Waals surface area contributed by atoms with E-state index in [0.29, 0.717) is 13.0 Å². The van der Waals surface area contributed by atoms with Crippen molar-refractivity contribution >= 4 is 28.7 Å². The van der Waals surface area contributed by atoms with Crippen LogP contribution < -0.4 is 0 Å². The van der Waals surface area contributed by atoms with Crippen molar-refractivity contribution in [3.63, 3.8) is 0 Å². The molecule has 1 aliphatic heterocycles. The lowest BCUT2D eigenvalue weighted by molar-refractivity contribution is -0.159. The van der Waals surface area contributed by atoms with Crippen molar-refractivity contribution in [2.24, 2.45) is 5.92 Å². The smallest absolute Gasteiger partial charge is 0.414 e. The number of hydrogen-bond acceptors (Lipinski definition) is 6. The van der Waals surface area contributed by atoms with Crippen LogP contribution in [0.15, 0.2) is 42.5 Å². The summed E-state index contributed by atoms with van der Waals surface area (Å²) >= 11 is 0. The van der Waals surface area contributed by atoms with Crippen LogP contribution in [0.2, 0.25) is 0 Å². The number of carboxylic acid groups (broad SMARTS) is 2.